The van der Waals surface area contributed by atoms with E-state index in [2.05, 4.69) is 11.8 Å². The summed E-state index contributed by atoms with van der Waals surface area (Å²) in [6, 6.07) is 11.7. The molecule has 0 aliphatic carbocycles. The van der Waals surface area contributed by atoms with Gasteiger partial charge in [-0.3, -0.25) is 14.9 Å². The van der Waals surface area contributed by atoms with E-state index in [0.29, 0.717) is 16.7 Å². The van der Waals surface area contributed by atoms with Gasteiger partial charge in [-0.05, 0) is 25.1 Å². The molecule has 2 aromatic rings. The quantitative estimate of drug-likeness (QED) is 0.363. The van der Waals surface area contributed by atoms with Gasteiger partial charge in [-0.15, -0.1) is 0 Å². The number of nitrogens with zero attached hydrogens (tertiary/aromatic N) is 1. The van der Waals surface area contributed by atoms with Gasteiger partial charge in [0.05, 0.1) is 4.92 Å². The minimum atomic E-state index is -0.417. The number of aryl methyl sites for hydroxylation is 1. The second kappa shape index (κ2) is 5.81. The van der Waals surface area contributed by atoms with Gasteiger partial charge in [0.1, 0.15) is 6.29 Å². The van der Waals surface area contributed by atoms with Gasteiger partial charge in [0.2, 0.25) is 0 Å². The van der Waals surface area contributed by atoms with Gasteiger partial charge in [-0.1, -0.05) is 30.0 Å². The largest absolute Gasteiger partial charge is 0.298 e. The summed E-state index contributed by atoms with van der Waals surface area (Å²) in [5.41, 5.74) is 2.59. The Bertz CT molecular complexity index is 722. The average Bonchev–Trinajstić information content (AvgIpc) is 2.46. The Balaban J connectivity index is 2.30. The van der Waals surface area contributed by atoms with E-state index in [4.69, 9.17) is 0 Å². The maximum Gasteiger partial charge on any atom is 0.273 e. The smallest absolute Gasteiger partial charge is 0.273 e. The number of carbonyl (C=O) groups is 1. The van der Waals surface area contributed by atoms with Crippen LogP contribution in [0.3, 0.4) is 0 Å². The van der Waals surface area contributed by atoms with Crippen molar-refractivity contribution in [2.24, 2.45) is 0 Å². The molecule has 20 heavy (non-hydrogen) atoms. The summed E-state index contributed by atoms with van der Waals surface area (Å²) in [6.45, 7) is 1.69. The van der Waals surface area contributed by atoms with E-state index in [-0.39, 0.29) is 5.69 Å². The molecule has 4 heteroatoms. The molecule has 0 saturated carbocycles. The van der Waals surface area contributed by atoms with Crippen molar-refractivity contribution in [2.75, 3.05) is 0 Å². The van der Waals surface area contributed by atoms with Crippen molar-refractivity contribution < 1.29 is 9.72 Å². The normalized spacial score (nSPS) is 9.45. The van der Waals surface area contributed by atoms with Crippen LogP contribution in [0, 0.1) is 28.9 Å². The van der Waals surface area contributed by atoms with Gasteiger partial charge in [0.25, 0.3) is 5.69 Å². The van der Waals surface area contributed by atoms with Gasteiger partial charge in [0, 0.05) is 28.3 Å². The van der Waals surface area contributed by atoms with E-state index in [1.807, 2.05) is 0 Å². The summed E-state index contributed by atoms with van der Waals surface area (Å²) in [7, 11) is 0. The first-order valence-electron chi connectivity index (χ1n) is 5.92. The minimum absolute atomic E-state index is 0.0631. The molecule has 0 aliphatic rings. The third kappa shape index (κ3) is 3.09. The molecular weight excluding hydrogens is 254 g/mol. The number of nitro groups is 1. The highest BCUT2D eigenvalue weighted by Gasteiger charge is 2.09. The van der Waals surface area contributed by atoms with Crippen molar-refractivity contribution >= 4 is 12.0 Å². The Labute approximate surface area is 116 Å². The molecule has 0 aliphatic heterocycles. The van der Waals surface area contributed by atoms with Crippen LogP contribution >= 0.6 is 0 Å². The van der Waals surface area contributed by atoms with Crippen LogP contribution in [0.5, 0.6) is 0 Å². The summed E-state index contributed by atoms with van der Waals surface area (Å²) < 4.78 is 0. The highest BCUT2D eigenvalue weighted by Crippen LogP contribution is 2.18. The number of hydrogen-bond acceptors (Lipinski definition) is 3. The number of aldehydes is 1. The highest BCUT2D eigenvalue weighted by molar-refractivity contribution is 5.74. The Kier molecular flexibility index (Phi) is 3.92. The minimum Gasteiger partial charge on any atom is -0.298 e. The van der Waals surface area contributed by atoms with Crippen LogP contribution < -0.4 is 0 Å². The van der Waals surface area contributed by atoms with Crippen molar-refractivity contribution in [1.82, 2.24) is 0 Å². The predicted octanol–water partition coefficient (Wildman–Crippen LogP) is 3.12. The fourth-order valence-electron chi connectivity index (χ4n) is 1.67. The van der Waals surface area contributed by atoms with Crippen molar-refractivity contribution in [1.29, 1.82) is 0 Å². The molecule has 0 saturated heterocycles. The van der Waals surface area contributed by atoms with Crippen LogP contribution in [0.25, 0.3) is 0 Å². The molecule has 0 amide bonds. The maximum absolute atomic E-state index is 10.8. The zero-order chi connectivity index (χ0) is 14.5. The molecule has 2 aromatic carbocycles. The molecule has 98 valence electrons. The van der Waals surface area contributed by atoms with Gasteiger partial charge in [-0.25, -0.2) is 0 Å². The number of carbonyl (C=O) groups excluding carboxylic acids is 1. The zero-order valence-electron chi connectivity index (χ0n) is 10.8. The first-order chi connectivity index (χ1) is 9.60. The lowest BCUT2D eigenvalue weighted by Crippen LogP contribution is -1.92. The molecule has 0 atom stereocenters. The molecule has 2 rings (SSSR count). The summed E-state index contributed by atoms with van der Waals surface area (Å²) in [5, 5.41) is 10.8. The maximum atomic E-state index is 10.8. The van der Waals surface area contributed by atoms with E-state index in [1.54, 1.807) is 43.3 Å². The predicted molar refractivity (Wildman–Crippen MR) is 75.6 cm³/mol. The van der Waals surface area contributed by atoms with Crippen LogP contribution in [0.1, 0.15) is 27.0 Å². The molecule has 0 bridgehead atoms. The average molecular weight is 265 g/mol. The Morgan fingerprint density at radius 1 is 1.05 bits per heavy atom. The fraction of sp³-hybridized carbons (Fsp3) is 0.0625. The van der Waals surface area contributed by atoms with Crippen LogP contribution in [0.2, 0.25) is 0 Å². The first kappa shape index (κ1) is 13.5. The van der Waals surface area contributed by atoms with Gasteiger partial charge >= 0.3 is 0 Å². The molecule has 0 heterocycles. The molecular formula is C16H11NO3. The fourth-order valence-corrected chi connectivity index (χ4v) is 1.67. The van der Waals surface area contributed by atoms with Crippen LogP contribution in [0.4, 0.5) is 5.69 Å². The van der Waals surface area contributed by atoms with Crippen LogP contribution in [-0.2, 0) is 0 Å². The Morgan fingerprint density at radius 3 is 2.25 bits per heavy atom. The van der Waals surface area contributed by atoms with E-state index < -0.39 is 4.92 Å². The third-order valence-electron chi connectivity index (χ3n) is 2.80. The van der Waals surface area contributed by atoms with E-state index in [1.165, 1.54) is 6.07 Å². The molecule has 0 aromatic heterocycles. The van der Waals surface area contributed by atoms with Crippen molar-refractivity contribution in [2.45, 2.75) is 6.92 Å². The second-order valence-corrected chi connectivity index (χ2v) is 4.25. The van der Waals surface area contributed by atoms with Gasteiger partial charge in [-0.2, -0.15) is 0 Å². The standard InChI is InChI=1S/C16H11NO3/c1-12-2-3-14(10-16(12)17(19)20)7-4-13-5-8-15(11-18)9-6-13/h2-3,5-6,8-11H,1H3. The number of nitro benzene ring substituents is 1. The van der Waals surface area contributed by atoms with E-state index >= 15 is 0 Å². The summed E-state index contributed by atoms with van der Waals surface area (Å²) >= 11 is 0. The lowest BCUT2D eigenvalue weighted by Gasteiger charge is -1.97. The molecule has 4 nitrogen and oxygen atoms in total. The highest BCUT2D eigenvalue weighted by atomic mass is 16.6. The number of hydrogen-bond donors (Lipinski definition) is 0. The van der Waals surface area contributed by atoms with Crippen molar-refractivity contribution in [3.8, 4) is 11.8 Å². The van der Waals surface area contributed by atoms with Crippen molar-refractivity contribution in [3.63, 3.8) is 0 Å². The third-order valence-corrected chi connectivity index (χ3v) is 2.80. The lowest BCUT2D eigenvalue weighted by atomic mass is 10.1. The lowest BCUT2D eigenvalue weighted by molar-refractivity contribution is -0.385. The molecule has 0 spiro atoms. The van der Waals surface area contributed by atoms with E-state index in [0.717, 1.165) is 11.8 Å². The number of benzene rings is 2. The summed E-state index contributed by atoms with van der Waals surface area (Å²) in [5.74, 6) is 5.79. The van der Waals surface area contributed by atoms with Crippen LogP contribution in [0.15, 0.2) is 42.5 Å². The SMILES string of the molecule is Cc1ccc(C#Cc2ccc(C=O)cc2)cc1[N+](=O)[O-]. The topological polar surface area (TPSA) is 60.2 Å². The summed E-state index contributed by atoms with van der Waals surface area (Å²) in [4.78, 5) is 21.0. The number of rotatable bonds is 2. The first-order valence-corrected chi connectivity index (χ1v) is 5.92. The molecule has 0 fully saturated rings. The van der Waals surface area contributed by atoms with Gasteiger partial charge < -0.3 is 0 Å². The molecule has 0 unspecified atom stereocenters. The van der Waals surface area contributed by atoms with Crippen molar-refractivity contribution in [3.05, 3.63) is 74.8 Å². The van der Waals surface area contributed by atoms with Gasteiger partial charge in [0.15, 0.2) is 0 Å². The zero-order valence-corrected chi connectivity index (χ0v) is 10.8. The second-order valence-electron chi connectivity index (χ2n) is 4.25. The van der Waals surface area contributed by atoms with E-state index in [9.17, 15) is 14.9 Å². The Hall–Kier alpha value is -2.93. The van der Waals surface area contributed by atoms with Crippen LogP contribution in [-0.4, -0.2) is 11.2 Å². The summed E-state index contributed by atoms with van der Waals surface area (Å²) in [6.07, 6.45) is 0.764. The molecule has 0 radical (unpaired) electrons. The Morgan fingerprint density at radius 2 is 1.65 bits per heavy atom. The monoisotopic (exact) mass is 265 g/mol. The molecule has 0 N–H and O–H groups in total.